The van der Waals surface area contributed by atoms with Crippen molar-refractivity contribution in [2.45, 2.75) is 69.2 Å². The van der Waals surface area contributed by atoms with Crippen molar-refractivity contribution >= 4 is 23.2 Å². The third kappa shape index (κ3) is 7.51. The van der Waals surface area contributed by atoms with E-state index in [9.17, 15) is 5.11 Å². The highest BCUT2D eigenvalue weighted by Gasteiger charge is 2.29. The summed E-state index contributed by atoms with van der Waals surface area (Å²) in [7, 11) is 1.74. The van der Waals surface area contributed by atoms with Gasteiger partial charge < -0.3 is 30.5 Å². The fourth-order valence-corrected chi connectivity index (χ4v) is 5.09. The van der Waals surface area contributed by atoms with Crippen LogP contribution in [0.1, 0.15) is 45.4 Å². The van der Waals surface area contributed by atoms with Crippen LogP contribution in [0, 0.1) is 0 Å². The van der Waals surface area contributed by atoms with Crippen LogP contribution < -0.4 is 16.0 Å². The van der Waals surface area contributed by atoms with Crippen molar-refractivity contribution < 1.29 is 14.6 Å². The molecule has 1 aliphatic heterocycles. The van der Waals surface area contributed by atoms with Gasteiger partial charge in [0, 0.05) is 69.6 Å². The fourth-order valence-electron chi connectivity index (χ4n) is 4.89. The molecule has 0 amide bonds. The Bertz CT molecular complexity index is 948. The highest BCUT2D eigenvalue weighted by atomic mass is 35.5. The number of aliphatic hydroxyl groups is 1. The Balaban J connectivity index is 1.36. The molecule has 1 unspecified atom stereocenters. The molecular formula is C26H38ClN5O3. The van der Waals surface area contributed by atoms with Crippen LogP contribution >= 0.6 is 11.6 Å². The average Bonchev–Trinajstić information content (AvgIpc) is 2.86. The van der Waals surface area contributed by atoms with E-state index in [1.54, 1.807) is 13.3 Å². The van der Waals surface area contributed by atoms with Crippen molar-refractivity contribution in [3.63, 3.8) is 0 Å². The Labute approximate surface area is 213 Å². The molecule has 0 spiro atoms. The normalized spacial score (nSPS) is 23.0. The molecule has 0 aromatic carbocycles. The Morgan fingerprint density at radius 1 is 1.17 bits per heavy atom. The van der Waals surface area contributed by atoms with Gasteiger partial charge >= 0.3 is 0 Å². The summed E-state index contributed by atoms with van der Waals surface area (Å²) in [5.74, 6) is 1.52. The number of aromatic nitrogens is 2. The lowest BCUT2D eigenvalue weighted by atomic mass is 9.90. The third-order valence-electron chi connectivity index (χ3n) is 6.92. The minimum Gasteiger partial charge on any atom is -0.388 e. The van der Waals surface area contributed by atoms with Gasteiger partial charge in [0.15, 0.2) is 0 Å². The van der Waals surface area contributed by atoms with Gasteiger partial charge in [-0.25, -0.2) is 9.97 Å². The third-order valence-corrected chi connectivity index (χ3v) is 7.22. The van der Waals surface area contributed by atoms with E-state index in [-0.39, 0.29) is 0 Å². The van der Waals surface area contributed by atoms with Crippen LogP contribution in [0.2, 0.25) is 5.02 Å². The summed E-state index contributed by atoms with van der Waals surface area (Å²) in [6.45, 7) is 4.50. The summed E-state index contributed by atoms with van der Waals surface area (Å²) >= 11 is 6.52. The van der Waals surface area contributed by atoms with E-state index < -0.39 is 5.60 Å². The van der Waals surface area contributed by atoms with Gasteiger partial charge in [-0.3, -0.25) is 0 Å². The van der Waals surface area contributed by atoms with Gasteiger partial charge in [0.1, 0.15) is 11.6 Å². The highest BCUT2D eigenvalue weighted by molar-refractivity contribution is 6.33. The molecule has 2 aliphatic rings. The van der Waals surface area contributed by atoms with Crippen molar-refractivity contribution in [2.75, 3.05) is 44.1 Å². The Morgan fingerprint density at radius 2 is 1.91 bits per heavy atom. The van der Waals surface area contributed by atoms with Crippen molar-refractivity contribution in [2.24, 2.45) is 0 Å². The number of hydrogen-bond donors (Lipinski definition) is 4. The quantitative estimate of drug-likeness (QED) is 0.384. The first-order chi connectivity index (χ1) is 16.9. The molecule has 2 aromatic heterocycles. The van der Waals surface area contributed by atoms with Crippen molar-refractivity contribution in [3.05, 3.63) is 35.5 Å². The first-order valence-electron chi connectivity index (χ1n) is 12.6. The maximum atomic E-state index is 10.7. The Morgan fingerprint density at radius 3 is 2.66 bits per heavy atom. The molecule has 8 nitrogen and oxygen atoms in total. The number of nitrogens with zero attached hydrogens (tertiary/aromatic N) is 2. The van der Waals surface area contributed by atoms with E-state index in [1.165, 1.54) is 0 Å². The summed E-state index contributed by atoms with van der Waals surface area (Å²) in [6.07, 6.45) is 7.35. The molecule has 35 heavy (non-hydrogen) atoms. The molecule has 1 aliphatic carbocycles. The van der Waals surface area contributed by atoms with Crippen molar-refractivity contribution in [1.82, 2.24) is 15.3 Å². The zero-order valence-corrected chi connectivity index (χ0v) is 21.5. The number of anilines is 2. The SMILES string of the molecule is COCC(C)NC1CCC(Nc2cc(-c3cccc(NCC4(O)CCOCC4)n3)c(Cl)cn2)CC1. The van der Waals surface area contributed by atoms with Crippen LogP contribution in [0.25, 0.3) is 11.3 Å². The number of nitrogens with one attached hydrogen (secondary N) is 3. The van der Waals surface area contributed by atoms with Crippen LogP contribution in [0.3, 0.4) is 0 Å². The lowest BCUT2D eigenvalue weighted by Crippen LogP contribution is -2.42. The van der Waals surface area contributed by atoms with Crippen LogP contribution in [0.15, 0.2) is 30.5 Å². The van der Waals surface area contributed by atoms with Gasteiger partial charge in [-0.05, 0) is 50.8 Å². The summed E-state index contributed by atoms with van der Waals surface area (Å²) in [6, 6.07) is 9.05. The van der Waals surface area contributed by atoms with E-state index >= 15 is 0 Å². The lowest BCUT2D eigenvalue weighted by molar-refractivity contribution is -0.0543. The smallest absolute Gasteiger partial charge is 0.126 e. The maximum Gasteiger partial charge on any atom is 0.126 e. The van der Waals surface area contributed by atoms with Crippen molar-refractivity contribution in [3.8, 4) is 11.3 Å². The maximum absolute atomic E-state index is 10.7. The monoisotopic (exact) mass is 503 g/mol. The standard InChI is InChI=1S/C26H38ClN5O3/c1-18(16-34-2)30-19-6-8-20(9-7-19)31-25-14-21(22(27)15-28-25)23-4-3-5-24(32-23)29-17-26(33)10-12-35-13-11-26/h3-5,14-15,18-20,30,33H,6-13,16-17H2,1-2H3,(H,28,31)(H,29,32). The number of pyridine rings is 2. The molecule has 9 heteroatoms. The van der Waals surface area contributed by atoms with Gasteiger partial charge in [0.2, 0.25) is 0 Å². The zero-order valence-electron chi connectivity index (χ0n) is 20.7. The molecule has 3 heterocycles. The van der Waals surface area contributed by atoms with Gasteiger partial charge in [-0.15, -0.1) is 0 Å². The minimum atomic E-state index is -0.766. The number of halogens is 1. The van der Waals surface area contributed by atoms with Gasteiger partial charge in [0.05, 0.1) is 22.9 Å². The van der Waals surface area contributed by atoms with Crippen LogP contribution in [-0.2, 0) is 9.47 Å². The summed E-state index contributed by atoms with van der Waals surface area (Å²) in [4.78, 5) is 9.26. The summed E-state index contributed by atoms with van der Waals surface area (Å²) < 4.78 is 10.6. The molecule has 1 saturated heterocycles. The highest BCUT2D eigenvalue weighted by Crippen LogP contribution is 2.30. The van der Waals surface area contributed by atoms with Crippen LogP contribution in [0.5, 0.6) is 0 Å². The molecule has 1 atom stereocenters. The first-order valence-corrected chi connectivity index (χ1v) is 13.0. The molecule has 0 bridgehead atoms. The Hall–Kier alpha value is -1.97. The summed E-state index contributed by atoms with van der Waals surface area (Å²) in [5, 5.41) is 21.8. The molecule has 0 radical (unpaired) electrons. The molecule has 192 valence electrons. The van der Waals surface area contributed by atoms with E-state index in [4.69, 9.17) is 26.1 Å². The fraction of sp³-hybridized carbons (Fsp3) is 0.615. The largest absolute Gasteiger partial charge is 0.388 e. The topological polar surface area (TPSA) is 101 Å². The molecule has 1 saturated carbocycles. The lowest BCUT2D eigenvalue weighted by Gasteiger charge is -2.32. The second kappa shape index (κ2) is 12.3. The zero-order chi connectivity index (χ0) is 24.7. The molecule has 2 fully saturated rings. The predicted molar refractivity (Wildman–Crippen MR) is 140 cm³/mol. The molecule has 4 rings (SSSR count). The van der Waals surface area contributed by atoms with Gasteiger partial charge in [-0.1, -0.05) is 17.7 Å². The molecule has 4 N–H and O–H groups in total. The van der Waals surface area contributed by atoms with E-state index in [0.717, 1.165) is 49.4 Å². The average molecular weight is 504 g/mol. The number of rotatable bonds is 10. The molecular weight excluding hydrogens is 466 g/mol. The van der Waals surface area contributed by atoms with E-state index in [2.05, 4.69) is 27.9 Å². The Kier molecular flexibility index (Phi) is 9.19. The molecule has 2 aromatic rings. The number of methoxy groups -OCH3 is 1. The van der Waals surface area contributed by atoms with E-state index in [0.29, 0.717) is 61.6 Å². The van der Waals surface area contributed by atoms with Gasteiger partial charge in [-0.2, -0.15) is 0 Å². The summed E-state index contributed by atoms with van der Waals surface area (Å²) in [5.41, 5.74) is 0.836. The minimum absolute atomic E-state index is 0.368. The van der Waals surface area contributed by atoms with E-state index in [1.807, 2.05) is 24.3 Å². The van der Waals surface area contributed by atoms with Gasteiger partial charge in [0.25, 0.3) is 0 Å². The van der Waals surface area contributed by atoms with Crippen LogP contribution in [0.4, 0.5) is 11.6 Å². The first kappa shape index (κ1) is 26.1. The second-order valence-electron chi connectivity index (χ2n) is 9.86. The number of hydrogen-bond acceptors (Lipinski definition) is 8. The van der Waals surface area contributed by atoms with Crippen LogP contribution in [-0.4, -0.2) is 72.3 Å². The van der Waals surface area contributed by atoms with Crippen molar-refractivity contribution in [1.29, 1.82) is 0 Å². The predicted octanol–water partition coefficient (Wildman–Crippen LogP) is 4.10. The number of ether oxygens (including phenoxy) is 2. The second-order valence-corrected chi connectivity index (χ2v) is 10.3.